The Kier molecular flexibility index (Phi) is 10.7. The van der Waals surface area contributed by atoms with E-state index in [1.165, 1.54) is 61.7 Å². The number of hydrogen-bond acceptors (Lipinski definition) is 0. The van der Waals surface area contributed by atoms with E-state index in [0.29, 0.717) is 21.2 Å². The number of rotatable bonds is 11. The molecule has 0 radical (unpaired) electrons. The molecule has 0 saturated carbocycles. The maximum absolute atomic E-state index is 2.39. The van der Waals surface area contributed by atoms with Crippen LogP contribution in [0.4, 0.5) is 0 Å². The van der Waals surface area contributed by atoms with Crippen molar-refractivity contribution in [3.63, 3.8) is 0 Å². The molecular weight excluding hydrogens is 343 g/mol. The van der Waals surface area contributed by atoms with Gasteiger partial charge in [0.1, 0.15) is 0 Å². The first-order valence-electron chi connectivity index (χ1n) is 8.80. The number of alkyl halides is 2. The SMILES string of the molecule is CCCCCCCCCCC1CC(CC(C)C)C[I-]1. The van der Waals surface area contributed by atoms with Crippen molar-refractivity contribution in [2.75, 3.05) is 4.43 Å². The van der Waals surface area contributed by atoms with Crippen molar-refractivity contribution in [1.29, 1.82) is 0 Å². The van der Waals surface area contributed by atoms with Crippen molar-refractivity contribution in [3.8, 4) is 0 Å². The zero-order chi connectivity index (χ0) is 13.9. The van der Waals surface area contributed by atoms with Crippen LogP contribution in [0.2, 0.25) is 0 Å². The van der Waals surface area contributed by atoms with E-state index in [-0.39, 0.29) is 0 Å². The van der Waals surface area contributed by atoms with Crippen LogP contribution in [0.25, 0.3) is 0 Å². The van der Waals surface area contributed by atoms with Gasteiger partial charge in [-0.15, -0.1) is 0 Å². The van der Waals surface area contributed by atoms with Crippen molar-refractivity contribution >= 4 is 0 Å². The zero-order valence-electron chi connectivity index (χ0n) is 13.6. The van der Waals surface area contributed by atoms with E-state index < -0.39 is 0 Å². The summed E-state index contributed by atoms with van der Waals surface area (Å²) in [6.07, 6.45) is 16.5. The van der Waals surface area contributed by atoms with Gasteiger partial charge in [-0.05, 0) is 0 Å². The Labute approximate surface area is 132 Å². The molecule has 19 heavy (non-hydrogen) atoms. The molecule has 0 N–H and O–H groups in total. The van der Waals surface area contributed by atoms with E-state index in [4.69, 9.17) is 0 Å². The van der Waals surface area contributed by atoms with Crippen LogP contribution in [0, 0.1) is 11.8 Å². The molecular formula is C18H36I-. The van der Waals surface area contributed by atoms with Crippen LogP contribution in [0.15, 0.2) is 0 Å². The number of unbranched alkanes of at least 4 members (excludes halogenated alkanes) is 7. The summed E-state index contributed by atoms with van der Waals surface area (Å²) in [4.78, 5) is 0. The van der Waals surface area contributed by atoms with Crippen LogP contribution in [0.1, 0.15) is 91.4 Å². The molecule has 0 nitrogen and oxygen atoms in total. The van der Waals surface area contributed by atoms with Gasteiger partial charge in [0, 0.05) is 0 Å². The van der Waals surface area contributed by atoms with Crippen LogP contribution in [-0.4, -0.2) is 8.35 Å². The molecule has 116 valence electrons. The van der Waals surface area contributed by atoms with Crippen molar-refractivity contribution < 1.29 is 21.2 Å². The summed E-state index contributed by atoms with van der Waals surface area (Å²) in [7, 11) is 0. The Morgan fingerprint density at radius 1 is 0.947 bits per heavy atom. The van der Waals surface area contributed by atoms with Gasteiger partial charge in [-0.25, -0.2) is 0 Å². The Morgan fingerprint density at radius 3 is 2.21 bits per heavy atom. The molecule has 2 unspecified atom stereocenters. The van der Waals surface area contributed by atoms with E-state index >= 15 is 0 Å². The second-order valence-corrected chi connectivity index (χ2v) is 10.4. The fraction of sp³-hybridized carbons (Fsp3) is 1.00. The van der Waals surface area contributed by atoms with Crippen molar-refractivity contribution in [2.24, 2.45) is 11.8 Å². The Balaban J connectivity index is 1.88. The molecule has 1 heteroatoms. The normalized spacial score (nSPS) is 23.8. The molecule has 2 atom stereocenters. The predicted molar refractivity (Wildman–Crippen MR) is 83.4 cm³/mol. The van der Waals surface area contributed by atoms with E-state index in [2.05, 4.69) is 20.8 Å². The van der Waals surface area contributed by atoms with Gasteiger partial charge in [-0.2, -0.15) is 0 Å². The molecule has 1 saturated heterocycles. The first-order chi connectivity index (χ1) is 9.22. The van der Waals surface area contributed by atoms with E-state index in [0.717, 1.165) is 11.8 Å². The first kappa shape index (κ1) is 17.8. The molecule has 0 aromatic rings. The minimum absolute atomic E-state index is 0.570. The van der Waals surface area contributed by atoms with E-state index in [9.17, 15) is 0 Å². The Hall–Kier alpha value is 0.730. The topological polar surface area (TPSA) is 0 Å². The van der Waals surface area contributed by atoms with Crippen LogP contribution in [-0.2, 0) is 0 Å². The van der Waals surface area contributed by atoms with Gasteiger partial charge < -0.3 is 0 Å². The quantitative estimate of drug-likeness (QED) is 0.294. The summed E-state index contributed by atoms with van der Waals surface area (Å²) in [5.41, 5.74) is 0. The molecule has 0 aliphatic carbocycles. The van der Waals surface area contributed by atoms with Crippen LogP contribution < -0.4 is 21.2 Å². The third-order valence-corrected chi connectivity index (χ3v) is 8.42. The van der Waals surface area contributed by atoms with Crippen LogP contribution >= 0.6 is 0 Å². The molecule has 1 aliphatic heterocycles. The Bertz CT molecular complexity index is 200. The molecule has 1 fully saturated rings. The molecule has 0 bridgehead atoms. The second-order valence-electron chi connectivity index (χ2n) is 6.90. The predicted octanol–water partition coefficient (Wildman–Crippen LogP) is 3.04. The summed E-state index contributed by atoms with van der Waals surface area (Å²) < 4.78 is 2.83. The minimum atomic E-state index is 0.570. The third-order valence-electron chi connectivity index (χ3n) is 4.29. The first-order valence-corrected chi connectivity index (χ1v) is 11.6. The molecule has 0 amide bonds. The van der Waals surface area contributed by atoms with E-state index in [1.54, 1.807) is 17.3 Å². The number of hydrogen-bond donors (Lipinski definition) is 0. The third kappa shape index (κ3) is 9.31. The van der Waals surface area contributed by atoms with Gasteiger partial charge in [0.25, 0.3) is 0 Å². The fourth-order valence-corrected chi connectivity index (χ4v) is 7.38. The van der Waals surface area contributed by atoms with Crippen molar-refractivity contribution in [2.45, 2.75) is 95.3 Å². The molecule has 1 rings (SSSR count). The summed E-state index contributed by atoms with van der Waals surface area (Å²) in [5.74, 6) is 2.04. The average molecular weight is 379 g/mol. The summed E-state index contributed by atoms with van der Waals surface area (Å²) in [6, 6.07) is 0. The molecule has 1 heterocycles. The standard InChI is InChI=1S/C18H36I/c1-4-5-6-7-8-9-10-11-12-18-14-17(15-19-18)13-16(2)3/h16-18H,4-15H2,1-3H3/q-1. The fourth-order valence-electron chi connectivity index (χ4n) is 3.26. The summed E-state index contributed by atoms with van der Waals surface area (Å²) in [6.45, 7) is 7.09. The van der Waals surface area contributed by atoms with Gasteiger partial charge in [-0.1, -0.05) is 0 Å². The van der Waals surface area contributed by atoms with Crippen LogP contribution in [0.5, 0.6) is 0 Å². The van der Waals surface area contributed by atoms with Crippen molar-refractivity contribution in [3.05, 3.63) is 0 Å². The van der Waals surface area contributed by atoms with Gasteiger partial charge in [0.15, 0.2) is 0 Å². The van der Waals surface area contributed by atoms with E-state index in [1.807, 2.05) is 0 Å². The second kappa shape index (κ2) is 11.4. The van der Waals surface area contributed by atoms with Crippen LogP contribution in [0.3, 0.4) is 0 Å². The number of halogens is 1. The average Bonchev–Trinajstić information content (AvgIpc) is 2.79. The molecule has 0 aromatic heterocycles. The molecule has 0 spiro atoms. The summed E-state index contributed by atoms with van der Waals surface area (Å²) in [5, 5.41) is 0. The van der Waals surface area contributed by atoms with Crippen molar-refractivity contribution in [1.82, 2.24) is 0 Å². The van der Waals surface area contributed by atoms with Gasteiger partial charge in [-0.3, -0.25) is 0 Å². The zero-order valence-corrected chi connectivity index (χ0v) is 15.8. The van der Waals surface area contributed by atoms with Gasteiger partial charge >= 0.3 is 133 Å². The van der Waals surface area contributed by atoms with Gasteiger partial charge in [0.05, 0.1) is 0 Å². The molecule has 1 aliphatic rings. The monoisotopic (exact) mass is 379 g/mol. The summed E-state index contributed by atoms with van der Waals surface area (Å²) >= 11 is 0.570. The Morgan fingerprint density at radius 2 is 1.58 bits per heavy atom. The maximum atomic E-state index is 2.39. The molecule has 0 aromatic carbocycles. The van der Waals surface area contributed by atoms with Gasteiger partial charge in [0.2, 0.25) is 0 Å².